The van der Waals surface area contributed by atoms with Gasteiger partial charge in [-0.1, -0.05) is 19.1 Å². The van der Waals surface area contributed by atoms with Gasteiger partial charge in [0.05, 0.1) is 23.8 Å². The number of nitrogens with zero attached hydrogens (tertiary/aromatic N) is 3. The van der Waals surface area contributed by atoms with Gasteiger partial charge in [0.1, 0.15) is 11.6 Å². The molecule has 0 aliphatic heterocycles. The fourth-order valence-corrected chi connectivity index (χ4v) is 3.26. The molecule has 1 aromatic carbocycles. The maximum Gasteiger partial charge on any atom is 0.260 e. The molecule has 0 radical (unpaired) electrons. The van der Waals surface area contributed by atoms with Gasteiger partial charge in [-0.15, -0.1) is 0 Å². The second-order valence-electron chi connectivity index (χ2n) is 5.01. The van der Waals surface area contributed by atoms with Crippen LogP contribution in [-0.2, 0) is 23.0 Å². The zero-order chi connectivity index (χ0) is 15.7. The molecule has 0 unspecified atom stereocenters. The summed E-state index contributed by atoms with van der Waals surface area (Å²) in [5, 5.41) is 0.1000. The number of nitrogens with one attached hydrogen (secondary N) is 2. The number of H-pyrrole nitrogens is 2. The molecule has 3 aromatic rings. The molecule has 0 saturated heterocycles. The number of sulfonamides is 1. The normalized spacial score (nSPS) is 12.3. The summed E-state index contributed by atoms with van der Waals surface area (Å²) in [5.41, 5.74) is 1.70. The number of aryl methyl sites for hydroxylation is 1. The van der Waals surface area contributed by atoms with Crippen molar-refractivity contribution in [1.82, 2.24) is 24.2 Å². The topological polar surface area (TPSA) is 94.7 Å². The Hall–Kier alpha value is -2.19. The number of hydrogen-bond donors (Lipinski definition) is 2. The molecule has 8 heteroatoms. The van der Waals surface area contributed by atoms with Crippen LogP contribution in [0, 0.1) is 0 Å². The molecule has 0 aliphatic rings. The largest absolute Gasteiger partial charge is 0.341 e. The summed E-state index contributed by atoms with van der Waals surface area (Å²) >= 11 is 0. The maximum absolute atomic E-state index is 12.5. The molecule has 116 valence electrons. The zero-order valence-electron chi connectivity index (χ0n) is 12.4. The van der Waals surface area contributed by atoms with Crippen LogP contribution in [0.4, 0.5) is 0 Å². The van der Waals surface area contributed by atoms with Crippen molar-refractivity contribution in [2.75, 3.05) is 7.05 Å². The van der Waals surface area contributed by atoms with Crippen molar-refractivity contribution in [3.63, 3.8) is 0 Å². The first kappa shape index (κ1) is 14.7. The third kappa shape index (κ3) is 2.62. The molecule has 0 atom stereocenters. The number of imidazole rings is 2. The molecule has 2 heterocycles. The predicted molar refractivity (Wildman–Crippen MR) is 82.7 cm³/mol. The fraction of sp³-hybridized carbons (Fsp3) is 0.286. The van der Waals surface area contributed by atoms with Crippen molar-refractivity contribution in [1.29, 1.82) is 0 Å². The maximum atomic E-state index is 12.5. The van der Waals surface area contributed by atoms with E-state index in [9.17, 15) is 8.42 Å². The van der Waals surface area contributed by atoms with E-state index in [-0.39, 0.29) is 11.6 Å². The van der Waals surface area contributed by atoms with Gasteiger partial charge >= 0.3 is 0 Å². The summed E-state index contributed by atoms with van der Waals surface area (Å²) in [5.74, 6) is 1.25. The monoisotopic (exact) mass is 319 g/mol. The Balaban J connectivity index is 1.84. The Labute approximate surface area is 128 Å². The minimum absolute atomic E-state index is 0.1000. The molecule has 2 aromatic heterocycles. The average molecular weight is 319 g/mol. The van der Waals surface area contributed by atoms with E-state index >= 15 is 0 Å². The number of para-hydroxylation sites is 2. The first-order valence-electron chi connectivity index (χ1n) is 6.94. The number of benzene rings is 1. The highest BCUT2D eigenvalue weighted by Gasteiger charge is 2.24. The van der Waals surface area contributed by atoms with Crippen molar-refractivity contribution in [3.05, 3.63) is 42.1 Å². The second-order valence-corrected chi connectivity index (χ2v) is 7.02. The lowest BCUT2D eigenvalue weighted by Gasteiger charge is -2.14. The molecule has 3 rings (SSSR count). The molecule has 22 heavy (non-hydrogen) atoms. The van der Waals surface area contributed by atoms with Gasteiger partial charge in [0.25, 0.3) is 10.0 Å². The van der Waals surface area contributed by atoms with Crippen LogP contribution >= 0.6 is 0 Å². The molecule has 0 aliphatic carbocycles. The van der Waals surface area contributed by atoms with Gasteiger partial charge in [0, 0.05) is 13.5 Å². The Bertz CT molecular complexity index is 864. The third-order valence-corrected chi connectivity index (χ3v) is 5.15. The van der Waals surface area contributed by atoms with E-state index in [1.54, 1.807) is 0 Å². The van der Waals surface area contributed by atoms with E-state index in [2.05, 4.69) is 19.9 Å². The van der Waals surface area contributed by atoms with Crippen LogP contribution in [0.2, 0.25) is 0 Å². The van der Waals surface area contributed by atoms with Crippen molar-refractivity contribution in [3.8, 4) is 0 Å². The van der Waals surface area contributed by atoms with Crippen LogP contribution in [0.15, 0.2) is 35.5 Å². The highest BCUT2D eigenvalue weighted by atomic mass is 32.2. The summed E-state index contributed by atoms with van der Waals surface area (Å²) in [7, 11) is -2.09. The summed E-state index contributed by atoms with van der Waals surface area (Å²) in [4.78, 5) is 14.4. The van der Waals surface area contributed by atoms with Gasteiger partial charge in [0.15, 0.2) is 5.03 Å². The van der Waals surface area contributed by atoms with Crippen LogP contribution in [0.3, 0.4) is 0 Å². The lowest BCUT2D eigenvalue weighted by molar-refractivity contribution is 0.456. The SMILES string of the molecule is CCc1ncc(S(=O)(=O)N(C)Cc2nc3ccccc3[nH]2)[nH]1. The van der Waals surface area contributed by atoms with Crippen LogP contribution in [-0.4, -0.2) is 39.7 Å². The quantitative estimate of drug-likeness (QED) is 0.748. The van der Waals surface area contributed by atoms with E-state index < -0.39 is 10.0 Å². The highest BCUT2D eigenvalue weighted by Crippen LogP contribution is 2.16. The van der Waals surface area contributed by atoms with E-state index in [1.807, 2.05) is 31.2 Å². The molecule has 0 fully saturated rings. The van der Waals surface area contributed by atoms with Crippen LogP contribution < -0.4 is 0 Å². The van der Waals surface area contributed by atoms with Crippen LogP contribution in [0.1, 0.15) is 18.6 Å². The lowest BCUT2D eigenvalue weighted by Crippen LogP contribution is -2.27. The molecular formula is C14H17N5O2S. The third-order valence-electron chi connectivity index (χ3n) is 3.44. The highest BCUT2D eigenvalue weighted by molar-refractivity contribution is 7.89. The Morgan fingerprint density at radius 3 is 2.64 bits per heavy atom. The molecule has 0 bridgehead atoms. The fourth-order valence-electron chi connectivity index (χ4n) is 2.20. The minimum Gasteiger partial charge on any atom is -0.341 e. The van der Waals surface area contributed by atoms with Crippen LogP contribution in [0.5, 0.6) is 0 Å². The molecule has 0 spiro atoms. The van der Waals surface area contributed by atoms with E-state index in [0.29, 0.717) is 18.1 Å². The minimum atomic E-state index is -3.61. The van der Waals surface area contributed by atoms with Gasteiger partial charge in [-0.3, -0.25) is 0 Å². The average Bonchev–Trinajstić information content (AvgIpc) is 3.13. The Morgan fingerprint density at radius 1 is 1.18 bits per heavy atom. The summed E-state index contributed by atoms with van der Waals surface area (Å²) in [6.45, 7) is 2.07. The van der Waals surface area contributed by atoms with E-state index in [0.717, 1.165) is 11.0 Å². The van der Waals surface area contributed by atoms with Gasteiger partial charge in [-0.25, -0.2) is 18.4 Å². The van der Waals surface area contributed by atoms with E-state index in [1.165, 1.54) is 17.5 Å². The summed E-state index contributed by atoms with van der Waals surface area (Å²) in [6.07, 6.45) is 2.01. The van der Waals surface area contributed by atoms with Crippen molar-refractivity contribution in [2.45, 2.75) is 24.9 Å². The van der Waals surface area contributed by atoms with Crippen LogP contribution in [0.25, 0.3) is 11.0 Å². The molecular weight excluding hydrogens is 302 g/mol. The first-order chi connectivity index (χ1) is 10.5. The van der Waals surface area contributed by atoms with Gasteiger partial charge in [0.2, 0.25) is 0 Å². The van der Waals surface area contributed by atoms with Gasteiger partial charge in [-0.2, -0.15) is 4.31 Å². The number of aromatic nitrogens is 4. The number of rotatable bonds is 5. The number of fused-ring (bicyclic) bond motifs is 1. The molecule has 2 N–H and O–H groups in total. The molecule has 0 amide bonds. The van der Waals surface area contributed by atoms with Crippen molar-refractivity contribution in [2.24, 2.45) is 0 Å². The Morgan fingerprint density at radius 2 is 1.95 bits per heavy atom. The first-order valence-corrected chi connectivity index (χ1v) is 8.38. The molecule has 7 nitrogen and oxygen atoms in total. The predicted octanol–water partition coefficient (Wildman–Crippen LogP) is 1.67. The lowest BCUT2D eigenvalue weighted by atomic mass is 10.3. The van der Waals surface area contributed by atoms with Gasteiger partial charge in [-0.05, 0) is 12.1 Å². The van der Waals surface area contributed by atoms with Crippen molar-refractivity contribution >= 4 is 21.1 Å². The standard InChI is InChI=1S/C14H17N5O2S/c1-3-12-15-8-14(18-12)22(20,21)19(2)9-13-16-10-6-4-5-7-11(10)17-13/h4-8H,3,9H2,1-2H3,(H,15,18)(H,16,17). The summed E-state index contributed by atoms with van der Waals surface area (Å²) in [6, 6.07) is 7.58. The zero-order valence-corrected chi connectivity index (χ0v) is 13.2. The van der Waals surface area contributed by atoms with E-state index in [4.69, 9.17) is 0 Å². The summed E-state index contributed by atoms with van der Waals surface area (Å²) < 4.78 is 26.2. The van der Waals surface area contributed by atoms with Gasteiger partial charge < -0.3 is 9.97 Å². The number of aromatic amines is 2. The smallest absolute Gasteiger partial charge is 0.260 e. The van der Waals surface area contributed by atoms with Crippen molar-refractivity contribution < 1.29 is 8.42 Å². The molecule has 0 saturated carbocycles. The second kappa shape index (κ2) is 5.54. The number of hydrogen-bond acceptors (Lipinski definition) is 4. The Kier molecular flexibility index (Phi) is 3.71.